The van der Waals surface area contributed by atoms with Crippen LogP contribution >= 0.6 is 0 Å². The van der Waals surface area contributed by atoms with Gasteiger partial charge in [0.25, 0.3) is 0 Å². The van der Waals surface area contributed by atoms with Crippen molar-refractivity contribution in [2.45, 2.75) is 39.7 Å². The molecule has 1 aromatic rings. The predicted molar refractivity (Wildman–Crippen MR) is 69.5 cm³/mol. The Morgan fingerprint density at radius 3 is 2.81 bits per heavy atom. The van der Waals surface area contributed by atoms with Gasteiger partial charge in [-0.15, -0.1) is 0 Å². The first kappa shape index (κ1) is 11.7. The topological polar surface area (TPSA) is 12.0 Å². The van der Waals surface area contributed by atoms with Gasteiger partial charge in [-0.2, -0.15) is 0 Å². The fourth-order valence-corrected chi connectivity index (χ4v) is 2.63. The van der Waals surface area contributed by atoms with Gasteiger partial charge in [-0.3, -0.25) is 0 Å². The monoisotopic (exact) mass is 217 g/mol. The molecule has 0 amide bonds. The summed E-state index contributed by atoms with van der Waals surface area (Å²) in [4.78, 5) is 0. The summed E-state index contributed by atoms with van der Waals surface area (Å²) in [5.41, 5.74) is 3.07. The van der Waals surface area contributed by atoms with Crippen LogP contribution < -0.4 is 5.32 Å². The van der Waals surface area contributed by atoms with Gasteiger partial charge in [0.2, 0.25) is 0 Å². The number of nitrogens with one attached hydrogen (secondary N) is 1. The van der Waals surface area contributed by atoms with E-state index >= 15 is 0 Å². The highest BCUT2D eigenvalue weighted by Gasteiger charge is 2.27. The summed E-state index contributed by atoms with van der Waals surface area (Å²) in [5, 5.41) is 3.72. The van der Waals surface area contributed by atoms with Gasteiger partial charge in [-0.1, -0.05) is 45.0 Å². The number of fused-ring (bicyclic) bond motifs is 1. The van der Waals surface area contributed by atoms with Crippen molar-refractivity contribution in [1.82, 2.24) is 5.32 Å². The van der Waals surface area contributed by atoms with Crippen molar-refractivity contribution < 1.29 is 0 Å². The summed E-state index contributed by atoms with van der Waals surface area (Å²) < 4.78 is 0. The Kier molecular flexibility index (Phi) is 3.65. The van der Waals surface area contributed by atoms with Crippen molar-refractivity contribution in [3.8, 4) is 0 Å². The third-order valence-corrected chi connectivity index (χ3v) is 3.59. The van der Waals surface area contributed by atoms with E-state index in [0.29, 0.717) is 6.04 Å². The van der Waals surface area contributed by atoms with Crippen molar-refractivity contribution in [2.24, 2.45) is 11.8 Å². The van der Waals surface area contributed by atoms with Crippen molar-refractivity contribution >= 4 is 0 Å². The van der Waals surface area contributed by atoms with Gasteiger partial charge in [-0.25, -0.2) is 0 Å². The highest BCUT2D eigenvalue weighted by molar-refractivity contribution is 5.35. The molecular formula is C15H23N. The maximum atomic E-state index is 3.72. The minimum absolute atomic E-state index is 0.579. The summed E-state index contributed by atoms with van der Waals surface area (Å²) in [6.45, 7) is 8.06. The number of hydrogen-bond acceptors (Lipinski definition) is 1. The predicted octanol–water partition coefficient (Wildman–Crippen LogP) is 3.56. The first-order valence-electron chi connectivity index (χ1n) is 6.49. The van der Waals surface area contributed by atoms with Crippen molar-refractivity contribution in [3.63, 3.8) is 0 Å². The van der Waals surface area contributed by atoms with Crippen LogP contribution in [0.4, 0.5) is 0 Å². The molecule has 0 aliphatic heterocycles. The zero-order valence-electron chi connectivity index (χ0n) is 10.7. The van der Waals surface area contributed by atoms with Gasteiger partial charge in [0.05, 0.1) is 0 Å². The lowest BCUT2D eigenvalue weighted by atomic mass is 10.0. The van der Waals surface area contributed by atoms with E-state index in [-0.39, 0.29) is 0 Å². The molecule has 0 saturated carbocycles. The molecule has 0 fully saturated rings. The van der Waals surface area contributed by atoms with Crippen LogP contribution in [-0.2, 0) is 6.42 Å². The van der Waals surface area contributed by atoms with Gasteiger partial charge < -0.3 is 5.32 Å². The normalized spacial score (nSPS) is 23.8. The zero-order chi connectivity index (χ0) is 11.5. The number of rotatable bonds is 4. The summed E-state index contributed by atoms with van der Waals surface area (Å²) in [7, 11) is 0. The van der Waals surface area contributed by atoms with Gasteiger partial charge in [0.1, 0.15) is 0 Å². The molecular weight excluding hydrogens is 194 g/mol. The molecule has 2 atom stereocenters. The first-order chi connectivity index (χ1) is 7.68. The molecule has 1 aliphatic rings. The Labute approximate surface area is 99.3 Å². The molecule has 88 valence electrons. The molecule has 0 saturated heterocycles. The third-order valence-electron chi connectivity index (χ3n) is 3.59. The Hall–Kier alpha value is -0.820. The maximum absolute atomic E-state index is 3.72. The summed E-state index contributed by atoms with van der Waals surface area (Å²) >= 11 is 0. The minimum atomic E-state index is 0.579. The largest absolute Gasteiger partial charge is 0.310 e. The molecule has 1 aromatic carbocycles. The smallest absolute Gasteiger partial charge is 0.0351 e. The van der Waals surface area contributed by atoms with E-state index in [1.165, 1.54) is 24.0 Å². The summed E-state index contributed by atoms with van der Waals surface area (Å²) in [6.07, 6.45) is 2.50. The van der Waals surface area contributed by atoms with Gasteiger partial charge >= 0.3 is 0 Å². The molecule has 2 unspecified atom stereocenters. The maximum Gasteiger partial charge on any atom is 0.0351 e. The average Bonchev–Trinajstić information content (AvgIpc) is 2.55. The van der Waals surface area contributed by atoms with Crippen LogP contribution in [0.1, 0.15) is 44.4 Å². The molecule has 1 heteroatoms. The highest BCUT2D eigenvalue weighted by atomic mass is 14.9. The van der Waals surface area contributed by atoms with Crippen LogP contribution in [-0.4, -0.2) is 6.54 Å². The SMILES string of the molecule is CC(C)CCNC1c2ccccc2CC1C. The molecule has 0 bridgehead atoms. The van der Waals surface area contributed by atoms with E-state index in [1.807, 2.05) is 0 Å². The van der Waals surface area contributed by atoms with E-state index in [9.17, 15) is 0 Å². The first-order valence-corrected chi connectivity index (χ1v) is 6.49. The van der Waals surface area contributed by atoms with E-state index in [2.05, 4.69) is 50.4 Å². The molecule has 0 radical (unpaired) electrons. The second-order valence-electron chi connectivity index (χ2n) is 5.49. The zero-order valence-corrected chi connectivity index (χ0v) is 10.7. The molecule has 0 spiro atoms. The molecule has 1 N–H and O–H groups in total. The van der Waals surface area contributed by atoms with Crippen molar-refractivity contribution in [2.75, 3.05) is 6.54 Å². The van der Waals surface area contributed by atoms with E-state index in [0.717, 1.165) is 18.4 Å². The minimum Gasteiger partial charge on any atom is -0.310 e. The molecule has 2 rings (SSSR count). The van der Waals surface area contributed by atoms with Crippen LogP contribution in [0.25, 0.3) is 0 Å². The van der Waals surface area contributed by atoms with Crippen LogP contribution in [0.15, 0.2) is 24.3 Å². The lowest BCUT2D eigenvalue weighted by Crippen LogP contribution is -2.25. The quantitative estimate of drug-likeness (QED) is 0.813. The highest BCUT2D eigenvalue weighted by Crippen LogP contribution is 2.35. The van der Waals surface area contributed by atoms with E-state index in [4.69, 9.17) is 0 Å². The van der Waals surface area contributed by atoms with Crippen LogP contribution in [0.2, 0.25) is 0 Å². The molecule has 0 heterocycles. The Balaban J connectivity index is 1.99. The van der Waals surface area contributed by atoms with Crippen LogP contribution in [0, 0.1) is 11.8 Å². The fraction of sp³-hybridized carbons (Fsp3) is 0.600. The van der Waals surface area contributed by atoms with E-state index in [1.54, 1.807) is 0 Å². The van der Waals surface area contributed by atoms with Crippen LogP contribution in [0.3, 0.4) is 0 Å². The third kappa shape index (κ3) is 2.46. The summed E-state index contributed by atoms with van der Waals surface area (Å²) in [6, 6.07) is 9.45. The van der Waals surface area contributed by atoms with Gasteiger partial charge in [0.15, 0.2) is 0 Å². The molecule has 1 nitrogen and oxygen atoms in total. The Morgan fingerprint density at radius 1 is 1.31 bits per heavy atom. The molecule has 16 heavy (non-hydrogen) atoms. The van der Waals surface area contributed by atoms with Crippen molar-refractivity contribution in [1.29, 1.82) is 0 Å². The standard InChI is InChI=1S/C15H23N/c1-11(2)8-9-16-15-12(3)10-13-6-4-5-7-14(13)15/h4-7,11-12,15-16H,8-10H2,1-3H3. The molecule has 0 aromatic heterocycles. The second-order valence-corrected chi connectivity index (χ2v) is 5.49. The Morgan fingerprint density at radius 2 is 2.06 bits per heavy atom. The average molecular weight is 217 g/mol. The second kappa shape index (κ2) is 5.01. The fourth-order valence-electron chi connectivity index (χ4n) is 2.63. The number of hydrogen-bond donors (Lipinski definition) is 1. The Bertz CT molecular complexity index is 343. The number of benzene rings is 1. The van der Waals surface area contributed by atoms with Gasteiger partial charge in [-0.05, 0) is 42.3 Å². The van der Waals surface area contributed by atoms with Crippen molar-refractivity contribution in [3.05, 3.63) is 35.4 Å². The molecule has 1 aliphatic carbocycles. The summed E-state index contributed by atoms with van der Waals surface area (Å²) in [5.74, 6) is 1.53. The van der Waals surface area contributed by atoms with Gasteiger partial charge in [0, 0.05) is 6.04 Å². The lowest BCUT2D eigenvalue weighted by molar-refractivity contribution is 0.399. The van der Waals surface area contributed by atoms with E-state index < -0.39 is 0 Å². The van der Waals surface area contributed by atoms with Crippen LogP contribution in [0.5, 0.6) is 0 Å². The lowest BCUT2D eigenvalue weighted by Gasteiger charge is -2.19.